The van der Waals surface area contributed by atoms with Crippen LogP contribution >= 0.6 is 0 Å². The number of carbonyl (C=O) groups is 8. The third kappa shape index (κ3) is 24.6. The molecular weight excluding hydrogens is 1470 g/mol. The molecule has 0 bridgehead atoms. The Balaban J connectivity index is 0.708. The van der Waals surface area contributed by atoms with Crippen LogP contribution in [0.4, 0.5) is 11.4 Å². The molecule has 1 aromatic heterocycles. The van der Waals surface area contributed by atoms with Crippen LogP contribution in [0, 0.1) is 16.7 Å². The van der Waals surface area contributed by atoms with Gasteiger partial charge >= 0.3 is 0 Å². The lowest BCUT2D eigenvalue weighted by Gasteiger charge is -2.26. The normalized spacial score (nSPS) is 15.0. The van der Waals surface area contributed by atoms with Crippen molar-refractivity contribution in [2.24, 2.45) is 17.4 Å². The van der Waals surface area contributed by atoms with Crippen molar-refractivity contribution >= 4 is 109 Å². The van der Waals surface area contributed by atoms with E-state index in [1.807, 2.05) is 38.1 Å². The van der Waals surface area contributed by atoms with Crippen molar-refractivity contribution in [3.63, 3.8) is 0 Å². The van der Waals surface area contributed by atoms with Crippen LogP contribution in [0.5, 0.6) is 5.75 Å². The van der Waals surface area contributed by atoms with Crippen LogP contribution in [-0.2, 0) is 71.5 Å². The molecule has 0 saturated heterocycles. The summed E-state index contributed by atoms with van der Waals surface area (Å²) in [5.41, 5.74) is 20.3. The van der Waals surface area contributed by atoms with Gasteiger partial charge in [0.1, 0.15) is 42.5 Å². The lowest BCUT2D eigenvalue weighted by Crippen LogP contribution is -2.58. The topological polar surface area (TPSA) is 417 Å². The van der Waals surface area contributed by atoms with Gasteiger partial charge in [0.25, 0.3) is 0 Å². The predicted octanol–water partition coefficient (Wildman–Crippen LogP) is 7.42. The molecule has 8 amide bonds. The molecule has 28 heteroatoms. The van der Waals surface area contributed by atoms with E-state index in [4.69, 9.17) is 31.8 Å². The summed E-state index contributed by atoms with van der Waals surface area (Å²) >= 11 is 0. The van der Waals surface area contributed by atoms with Crippen molar-refractivity contribution in [2.75, 3.05) is 77.6 Å². The molecule has 618 valence electrons. The van der Waals surface area contributed by atoms with E-state index in [2.05, 4.69) is 206 Å². The summed E-state index contributed by atoms with van der Waals surface area (Å²) < 4.78 is 13.9. The number of benzene rings is 6. The molecule has 5 atom stereocenters. The van der Waals surface area contributed by atoms with Crippen molar-refractivity contribution < 1.29 is 57.5 Å². The van der Waals surface area contributed by atoms with Crippen LogP contribution in [0.15, 0.2) is 164 Å². The zero-order chi connectivity index (χ0) is 83.5. The number of allylic oxidation sites excluding steroid dienone is 6. The number of nitrogens with two attached hydrogens (primary N) is 2. The molecule has 7 aromatic rings. The second-order valence-corrected chi connectivity index (χ2v) is 31.0. The molecule has 0 saturated carbocycles. The van der Waals surface area contributed by atoms with Gasteiger partial charge in [0.2, 0.25) is 52.9 Å². The number of anilines is 1. The summed E-state index contributed by atoms with van der Waals surface area (Å²) in [6, 6.07) is 33.4. The number of hydrogen-bond donors (Lipinski definition) is 16. The number of fused-ring (bicyclic) bond motifs is 7. The van der Waals surface area contributed by atoms with Crippen LogP contribution in [-0.4, -0.2) is 183 Å². The van der Waals surface area contributed by atoms with Gasteiger partial charge in [0.15, 0.2) is 17.6 Å². The number of para-hydroxylation sites is 1. The van der Waals surface area contributed by atoms with E-state index in [9.17, 15) is 43.5 Å². The van der Waals surface area contributed by atoms with Gasteiger partial charge in [-0.3, -0.25) is 49.2 Å². The van der Waals surface area contributed by atoms with E-state index in [0.717, 1.165) is 42.3 Å². The van der Waals surface area contributed by atoms with Gasteiger partial charge in [0.05, 0.1) is 38.4 Å². The zero-order valence-electron chi connectivity index (χ0n) is 67.9. The highest BCUT2D eigenvalue weighted by Crippen LogP contribution is 2.50. The van der Waals surface area contributed by atoms with Gasteiger partial charge in [-0.1, -0.05) is 131 Å². The average Bonchev–Trinajstić information content (AvgIpc) is 1.57. The first-order chi connectivity index (χ1) is 55.6. The SMILES string of the molecule is CC(=O)N[C@@H](Cc1c[nH]c2ccccc12)C(=O)N[C@@H](Cc1ccc(O)cc1)C(=O)N[C@@H](CCCNC(=N)N)C(=O)NCC(=O)N[C@@H](CCCNC(=N)N)C(=O)N[C@@H](CC(C)C)C(=O)NCCOCCOCCNC(=O)CCCCC[N+]1=C(/C=C/C=C/C=C2/N(C)c3ccc4ccccc4c3C2(C)C)C(C)(C)c2c1ccc1ccccc21. The predicted molar refractivity (Wildman–Crippen MR) is 455 cm³/mol. The Kier molecular flexibility index (Phi) is 32.2. The number of phenols is 1. The number of rotatable bonds is 44. The summed E-state index contributed by atoms with van der Waals surface area (Å²) in [6.45, 7) is 16.0. The number of guanidine groups is 2. The summed E-state index contributed by atoms with van der Waals surface area (Å²) in [5.74, 6) is -5.60. The Morgan fingerprint density at radius 3 is 1.77 bits per heavy atom. The number of aromatic hydroxyl groups is 1. The number of phenolic OH excluding ortho intramolecular Hbond substituents is 1. The molecule has 116 heavy (non-hydrogen) atoms. The van der Waals surface area contributed by atoms with Crippen molar-refractivity contribution in [3.8, 4) is 5.75 Å². The van der Waals surface area contributed by atoms with Gasteiger partial charge in [-0.2, -0.15) is 4.58 Å². The molecule has 9 rings (SSSR count). The fraction of sp³-hybridized carbons (Fsp3) is 0.420. The Morgan fingerprint density at radius 1 is 0.552 bits per heavy atom. The van der Waals surface area contributed by atoms with Crippen LogP contribution in [0.3, 0.4) is 0 Å². The minimum absolute atomic E-state index is 0.0164. The molecule has 0 radical (unpaired) electrons. The molecule has 2 aliphatic rings. The highest BCUT2D eigenvalue weighted by molar-refractivity contribution is 6.08. The first-order valence-electron chi connectivity index (χ1n) is 40.0. The van der Waals surface area contributed by atoms with Crippen LogP contribution in [0.25, 0.3) is 32.4 Å². The summed E-state index contributed by atoms with van der Waals surface area (Å²) in [6.07, 6.45) is 16.1. The van der Waals surface area contributed by atoms with Crippen LogP contribution in [0.1, 0.15) is 129 Å². The lowest BCUT2D eigenvalue weighted by molar-refractivity contribution is -0.438. The maximum absolute atomic E-state index is 14.5. The smallest absolute Gasteiger partial charge is 0.243 e. The molecule has 28 nitrogen and oxygen atoms in total. The highest BCUT2D eigenvalue weighted by atomic mass is 16.5. The molecule has 6 aromatic carbocycles. The fourth-order valence-corrected chi connectivity index (χ4v) is 15.3. The van der Waals surface area contributed by atoms with Gasteiger partial charge in [-0.05, 0) is 139 Å². The molecule has 0 unspecified atom stereocenters. The molecule has 3 heterocycles. The zero-order valence-corrected chi connectivity index (χ0v) is 67.9. The number of nitrogens with one attached hydrogen (secondary N) is 13. The number of amides is 8. The van der Waals surface area contributed by atoms with E-state index in [1.54, 1.807) is 18.3 Å². The minimum atomic E-state index is -1.35. The maximum atomic E-state index is 14.5. The van der Waals surface area contributed by atoms with Gasteiger partial charge < -0.3 is 89.1 Å². The number of aromatic amines is 1. The van der Waals surface area contributed by atoms with E-state index in [1.165, 1.54) is 74.5 Å². The standard InChI is InChI=1S/C88H115N17O11/c1-56(2)51-69(102-82(112)68(30-22-43-96-86(91)92)100-77(109)55-98-80(110)67(29-21-42-95-85(89)90)101-83(113)70(52-58-34-38-62(107)39-35-58)103-84(114)71(99-57(3)106)53-61-54-97-66-28-19-18-25-63(61)66)81(111)94-45-48-116-50-49-115-47-44-93-76(108)33-13-10-20-46-105-73-41-37-60-24-15-17-27-65(60)79(73)88(6,7)75(105)32-12-9-11-31-74-87(4,5)78-64-26-16-14-23-59(64)36-40-72(78)104(74)8/h9,11-12,14-19,23-28,31-32,34-41,54,56,67-71,97H,10,13,20-22,29-30,33,42-53,55H2,1-8H3,(H16-,89,90,91,92,93,94,95,96,98,99,100,101,102,103,106,107,108,109,110,111,112,113,114)/p+1/t67-,68-,69-,70-,71-/m0/s1. The Hall–Kier alpha value is -11.9. The number of carbonyl (C=O) groups excluding carboxylic acids is 8. The number of ether oxygens (including phenoxy) is 2. The molecule has 0 aliphatic carbocycles. The number of hydrogen-bond acceptors (Lipinski definition) is 14. The van der Waals surface area contributed by atoms with Gasteiger partial charge in [-0.15, -0.1) is 0 Å². The van der Waals surface area contributed by atoms with Crippen LogP contribution < -0.4 is 69.5 Å². The quantitative estimate of drug-likeness (QED) is 0.00580. The van der Waals surface area contributed by atoms with Crippen molar-refractivity contribution in [2.45, 2.75) is 160 Å². The van der Waals surface area contributed by atoms with Crippen molar-refractivity contribution in [3.05, 3.63) is 186 Å². The van der Waals surface area contributed by atoms with Crippen LogP contribution in [0.2, 0.25) is 0 Å². The monoisotopic (exact) mass is 1590 g/mol. The van der Waals surface area contributed by atoms with Crippen molar-refractivity contribution in [1.29, 1.82) is 10.8 Å². The first kappa shape index (κ1) is 88.0. The number of likely N-dealkylation sites (N-methyl/N-ethyl adjacent to an activating group) is 1. The Morgan fingerprint density at radius 2 is 1.12 bits per heavy atom. The third-order valence-electron chi connectivity index (χ3n) is 21.0. The average molecular weight is 1590 g/mol. The number of aromatic nitrogens is 1. The summed E-state index contributed by atoms with van der Waals surface area (Å²) in [4.78, 5) is 116. The second-order valence-electron chi connectivity index (χ2n) is 31.0. The summed E-state index contributed by atoms with van der Waals surface area (Å²) in [7, 11) is 2.15. The molecule has 18 N–H and O–H groups in total. The van der Waals surface area contributed by atoms with Crippen molar-refractivity contribution in [1.82, 2.24) is 58.2 Å². The number of unbranched alkanes of at least 4 members (excludes halogenated alkanes) is 2. The number of H-pyrrole nitrogens is 1. The van der Waals surface area contributed by atoms with Gasteiger partial charge in [-0.25, -0.2) is 0 Å². The fourth-order valence-electron chi connectivity index (χ4n) is 15.3. The Bertz CT molecular complexity index is 4770. The Labute approximate surface area is 678 Å². The first-order valence-corrected chi connectivity index (χ1v) is 40.0. The molecule has 0 spiro atoms. The molecule has 2 aliphatic heterocycles. The van der Waals surface area contributed by atoms with E-state index >= 15 is 0 Å². The maximum Gasteiger partial charge on any atom is 0.243 e. The molecular formula is C88H116N17O11+. The largest absolute Gasteiger partial charge is 0.508 e. The van der Waals surface area contributed by atoms with Gasteiger partial charge in [0, 0.05) is 117 Å². The number of nitrogens with zero attached hydrogens (tertiary/aromatic N) is 2. The third-order valence-corrected chi connectivity index (χ3v) is 21.0. The minimum Gasteiger partial charge on any atom is -0.508 e. The van der Waals surface area contributed by atoms with E-state index < -0.39 is 78.1 Å². The lowest BCUT2D eigenvalue weighted by atomic mass is 9.79. The van der Waals surface area contributed by atoms with E-state index in [-0.39, 0.29) is 131 Å². The molecule has 0 fully saturated rings. The summed E-state index contributed by atoms with van der Waals surface area (Å²) in [5, 5.41) is 58.4. The second kappa shape index (κ2) is 42.5. The highest BCUT2D eigenvalue weighted by Gasteiger charge is 2.46. The van der Waals surface area contributed by atoms with E-state index in [0.29, 0.717) is 18.5 Å².